The number of amides is 1. The van der Waals surface area contributed by atoms with Crippen LogP contribution in [0.15, 0.2) is 82.6 Å². The highest BCUT2D eigenvalue weighted by Crippen LogP contribution is 2.24. The van der Waals surface area contributed by atoms with E-state index in [2.05, 4.69) is 10.0 Å². The smallest absolute Gasteiger partial charge is 0.261 e. The van der Waals surface area contributed by atoms with Gasteiger partial charge in [-0.3, -0.25) is 9.52 Å². The number of carbonyl (C=O) groups is 1. The van der Waals surface area contributed by atoms with Crippen molar-refractivity contribution in [2.45, 2.75) is 16.7 Å². The Morgan fingerprint density at radius 2 is 1.69 bits per heavy atom. The Bertz CT molecular complexity index is 1100. The Labute approximate surface area is 179 Å². The molecule has 0 saturated heterocycles. The van der Waals surface area contributed by atoms with Crippen molar-refractivity contribution in [2.75, 3.05) is 15.8 Å². The summed E-state index contributed by atoms with van der Waals surface area (Å²) in [5.41, 5.74) is 1.72. The molecule has 0 heterocycles. The van der Waals surface area contributed by atoms with E-state index in [0.29, 0.717) is 16.4 Å². The Hall–Kier alpha value is -2.48. The summed E-state index contributed by atoms with van der Waals surface area (Å²) in [6.45, 7) is 1.77. The molecule has 3 aromatic carbocycles. The van der Waals surface area contributed by atoms with E-state index in [0.717, 1.165) is 10.5 Å². The number of anilines is 2. The fraction of sp³-hybridized carbons (Fsp3) is 0.0952. The highest BCUT2D eigenvalue weighted by atomic mass is 35.5. The molecule has 8 heteroatoms. The minimum absolute atomic E-state index is 0.100. The van der Waals surface area contributed by atoms with Crippen LogP contribution in [-0.4, -0.2) is 20.1 Å². The molecule has 150 valence electrons. The predicted octanol–water partition coefficient (Wildman–Crippen LogP) is 5.18. The molecule has 0 fully saturated rings. The SMILES string of the molecule is Cc1cc(Cl)ccc1NS(=O)(=O)c1ccc(NC(=O)CSc2ccccc2)cc1. The molecule has 1 amide bonds. The monoisotopic (exact) mass is 446 g/mol. The molecule has 0 aromatic heterocycles. The van der Waals surface area contributed by atoms with Crippen LogP contribution in [0, 0.1) is 6.92 Å². The standard InChI is InChI=1S/C21H19ClN2O3S2/c1-15-13-16(22)7-12-20(15)24-29(26,27)19-10-8-17(9-11-19)23-21(25)14-28-18-5-3-2-4-6-18/h2-13,24H,14H2,1H3,(H,23,25). The zero-order valence-electron chi connectivity index (χ0n) is 15.6. The van der Waals surface area contributed by atoms with Crippen LogP contribution in [0.4, 0.5) is 11.4 Å². The normalized spacial score (nSPS) is 11.1. The molecular weight excluding hydrogens is 428 g/mol. The van der Waals surface area contributed by atoms with Crippen LogP contribution in [0.3, 0.4) is 0 Å². The summed E-state index contributed by atoms with van der Waals surface area (Å²) in [7, 11) is -3.75. The zero-order valence-corrected chi connectivity index (χ0v) is 17.9. The van der Waals surface area contributed by atoms with Gasteiger partial charge in [0.15, 0.2) is 0 Å². The topological polar surface area (TPSA) is 75.3 Å². The van der Waals surface area contributed by atoms with E-state index >= 15 is 0 Å². The van der Waals surface area contributed by atoms with Crippen molar-refractivity contribution in [3.8, 4) is 0 Å². The molecule has 29 heavy (non-hydrogen) atoms. The van der Waals surface area contributed by atoms with Crippen molar-refractivity contribution in [1.29, 1.82) is 0 Å². The maximum absolute atomic E-state index is 12.6. The molecule has 0 aliphatic heterocycles. The first-order chi connectivity index (χ1) is 13.8. The van der Waals surface area contributed by atoms with Crippen molar-refractivity contribution in [3.05, 3.63) is 83.4 Å². The van der Waals surface area contributed by atoms with Crippen LogP contribution in [0.1, 0.15) is 5.56 Å². The quantitative estimate of drug-likeness (QED) is 0.490. The predicted molar refractivity (Wildman–Crippen MR) is 119 cm³/mol. The second kappa shape index (κ2) is 9.35. The zero-order chi connectivity index (χ0) is 20.9. The lowest BCUT2D eigenvalue weighted by Gasteiger charge is -2.11. The molecule has 5 nitrogen and oxygen atoms in total. The van der Waals surface area contributed by atoms with Crippen molar-refractivity contribution >= 4 is 50.7 Å². The van der Waals surface area contributed by atoms with Gasteiger partial charge in [0.2, 0.25) is 5.91 Å². The van der Waals surface area contributed by atoms with E-state index in [1.165, 1.54) is 23.9 Å². The minimum atomic E-state index is -3.75. The van der Waals surface area contributed by atoms with Gasteiger partial charge in [-0.15, -0.1) is 11.8 Å². The van der Waals surface area contributed by atoms with E-state index in [1.807, 2.05) is 30.3 Å². The molecule has 0 bridgehead atoms. The molecule has 0 aliphatic carbocycles. The van der Waals surface area contributed by atoms with E-state index in [1.54, 1.807) is 37.3 Å². The Balaban J connectivity index is 1.62. The Morgan fingerprint density at radius 1 is 1.00 bits per heavy atom. The molecule has 0 radical (unpaired) electrons. The van der Waals surface area contributed by atoms with Crippen LogP contribution in [0.2, 0.25) is 5.02 Å². The van der Waals surface area contributed by atoms with E-state index in [-0.39, 0.29) is 16.6 Å². The van der Waals surface area contributed by atoms with Crippen LogP contribution in [0.5, 0.6) is 0 Å². The Kier molecular flexibility index (Phi) is 6.84. The Morgan fingerprint density at radius 3 is 2.34 bits per heavy atom. The third-order valence-corrected chi connectivity index (χ3v) is 6.62. The second-order valence-electron chi connectivity index (χ2n) is 6.24. The summed E-state index contributed by atoms with van der Waals surface area (Å²) in [6.07, 6.45) is 0. The average molecular weight is 447 g/mol. The first kappa shape index (κ1) is 21.2. The molecule has 0 unspecified atom stereocenters. The summed E-state index contributed by atoms with van der Waals surface area (Å²) in [5, 5.41) is 3.30. The lowest BCUT2D eigenvalue weighted by molar-refractivity contribution is -0.113. The number of halogens is 1. The van der Waals surface area contributed by atoms with Crippen LogP contribution >= 0.6 is 23.4 Å². The highest BCUT2D eigenvalue weighted by molar-refractivity contribution is 8.00. The summed E-state index contributed by atoms with van der Waals surface area (Å²) in [6, 6.07) is 20.6. The highest BCUT2D eigenvalue weighted by Gasteiger charge is 2.15. The number of hydrogen-bond acceptors (Lipinski definition) is 4. The van der Waals surface area contributed by atoms with Gasteiger partial charge in [0.05, 0.1) is 16.3 Å². The molecule has 0 spiro atoms. The summed E-state index contributed by atoms with van der Waals surface area (Å²) in [5.74, 6) is 0.103. The molecule has 0 atom stereocenters. The van der Waals surface area contributed by atoms with Gasteiger partial charge in [0, 0.05) is 15.6 Å². The molecule has 3 rings (SSSR count). The number of hydrogen-bond donors (Lipinski definition) is 2. The minimum Gasteiger partial charge on any atom is -0.325 e. The lowest BCUT2D eigenvalue weighted by atomic mass is 10.2. The third-order valence-electron chi connectivity index (χ3n) is 3.99. The summed E-state index contributed by atoms with van der Waals surface area (Å²) >= 11 is 7.34. The van der Waals surface area contributed by atoms with Crippen LogP contribution in [0.25, 0.3) is 0 Å². The molecule has 0 saturated carbocycles. The van der Waals surface area contributed by atoms with Gasteiger partial charge < -0.3 is 5.32 Å². The average Bonchev–Trinajstić information content (AvgIpc) is 2.70. The van der Waals surface area contributed by atoms with Gasteiger partial charge in [-0.05, 0) is 67.1 Å². The largest absolute Gasteiger partial charge is 0.325 e. The first-order valence-corrected chi connectivity index (χ1v) is 11.5. The number of nitrogens with one attached hydrogen (secondary N) is 2. The first-order valence-electron chi connectivity index (χ1n) is 8.70. The third kappa shape index (κ3) is 6.00. The van der Waals surface area contributed by atoms with Crippen LogP contribution < -0.4 is 10.0 Å². The van der Waals surface area contributed by atoms with Crippen molar-refractivity contribution in [1.82, 2.24) is 0 Å². The maximum Gasteiger partial charge on any atom is 0.261 e. The van der Waals surface area contributed by atoms with Gasteiger partial charge >= 0.3 is 0 Å². The number of benzene rings is 3. The van der Waals surface area contributed by atoms with E-state index in [9.17, 15) is 13.2 Å². The number of rotatable bonds is 7. The fourth-order valence-electron chi connectivity index (χ4n) is 2.53. The second-order valence-corrected chi connectivity index (χ2v) is 9.41. The summed E-state index contributed by atoms with van der Waals surface area (Å²) in [4.78, 5) is 13.2. The number of sulfonamides is 1. The fourth-order valence-corrected chi connectivity index (χ4v) is 4.60. The van der Waals surface area contributed by atoms with Gasteiger partial charge in [-0.2, -0.15) is 0 Å². The van der Waals surface area contributed by atoms with Gasteiger partial charge in [-0.1, -0.05) is 29.8 Å². The van der Waals surface area contributed by atoms with Crippen molar-refractivity contribution in [3.63, 3.8) is 0 Å². The van der Waals surface area contributed by atoms with Crippen LogP contribution in [-0.2, 0) is 14.8 Å². The van der Waals surface area contributed by atoms with Crippen molar-refractivity contribution < 1.29 is 13.2 Å². The number of aryl methyl sites for hydroxylation is 1. The molecular formula is C21H19ClN2O3S2. The van der Waals surface area contributed by atoms with E-state index in [4.69, 9.17) is 11.6 Å². The summed E-state index contributed by atoms with van der Waals surface area (Å²) < 4.78 is 27.7. The number of carbonyl (C=O) groups excluding carboxylic acids is 1. The van der Waals surface area contributed by atoms with Crippen molar-refractivity contribution in [2.24, 2.45) is 0 Å². The number of thioether (sulfide) groups is 1. The lowest BCUT2D eigenvalue weighted by Crippen LogP contribution is -2.15. The molecule has 3 aromatic rings. The van der Waals surface area contributed by atoms with Gasteiger partial charge in [0.1, 0.15) is 0 Å². The maximum atomic E-state index is 12.6. The molecule has 0 aliphatic rings. The molecule has 2 N–H and O–H groups in total. The van der Waals surface area contributed by atoms with Gasteiger partial charge in [-0.25, -0.2) is 8.42 Å². The van der Waals surface area contributed by atoms with Gasteiger partial charge in [0.25, 0.3) is 10.0 Å². The van der Waals surface area contributed by atoms with E-state index < -0.39 is 10.0 Å².